The molecule has 0 aliphatic carbocycles. The summed E-state index contributed by atoms with van der Waals surface area (Å²) < 4.78 is 2.33. The molecule has 1 aliphatic heterocycles. The van der Waals surface area contributed by atoms with Gasteiger partial charge in [0.15, 0.2) is 0 Å². The Hall–Kier alpha value is -0.870. The molecule has 0 amide bonds. The minimum atomic E-state index is 0.427. The minimum absolute atomic E-state index is 0.427. The van der Waals surface area contributed by atoms with E-state index in [4.69, 9.17) is 5.73 Å². The van der Waals surface area contributed by atoms with Crippen LogP contribution >= 0.6 is 0 Å². The maximum Gasteiger partial charge on any atom is 0.0948 e. The Kier molecular flexibility index (Phi) is 5.61. The first kappa shape index (κ1) is 15.5. The van der Waals surface area contributed by atoms with Gasteiger partial charge in [-0.05, 0) is 52.1 Å². The molecule has 0 bridgehead atoms. The Labute approximate surface area is 123 Å². The number of hydrogen-bond donors (Lipinski definition) is 1. The number of imidazole rings is 1. The van der Waals surface area contributed by atoms with E-state index < -0.39 is 0 Å². The monoisotopic (exact) mass is 278 g/mol. The third-order valence-corrected chi connectivity index (χ3v) is 4.52. The van der Waals surface area contributed by atoms with E-state index >= 15 is 0 Å². The van der Waals surface area contributed by atoms with E-state index in [1.165, 1.54) is 31.5 Å². The molecule has 0 saturated carbocycles. The predicted octanol–water partition coefficient (Wildman–Crippen LogP) is 2.80. The van der Waals surface area contributed by atoms with Crippen LogP contribution < -0.4 is 5.73 Å². The summed E-state index contributed by atoms with van der Waals surface area (Å²) in [5.41, 5.74) is 7.46. The Morgan fingerprint density at radius 2 is 2.20 bits per heavy atom. The second-order valence-electron chi connectivity index (χ2n) is 6.28. The Morgan fingerprint density at radius 1 is 1.40 bits per heavy atom. The Morgan fingerprint density at radius 3 is 2.85 bits per heavy atom. The maximum atomic E-state index is 6.10. The molecule has 4 heteroatoms. The molecule has 0 aromatic carbocycles. The van der Waals surface area contributed by atoms with Gasteiger partial charge in [0, 0.05) is 18.8 Å². The molecular weight excluding hydrogens is 248 g/mol. The summed E-state index contributed by atoms with van der Waals surface area (Å²) in [6.07, 6.45) is 9.00. The van der Waals surface area contributed by atoms with Crippen molar-refractivity contribution in [1.29, 1.82) is 0 Å². The maximum absolute atomic E-state index is 6.10. The van der Waals surface area contributed by atoms with Crippen molar-refractivity contribution in [2.75, 3.05) is 13.1 Å². The third-order valence-electron chi connectivity index (χ3n) is 4.52. The number of rotatable bonds is 5. The van der Waals surface area contributed by atoms with Crippen LogP contribution in [0.25, 0.3) is 0 Å². The summed E-state index contributed by atoms with van der Waals surface area (Å²) in [7, 11) is 0. The van der Waals surface area contributed by atoms with Gasteiger partial charge in [-0.25, -0.2) is 4.98 Å². The number of nitrogens with zero attached hydrogens (tertiary/aromatic N) is 3. The molecule has 0 radical (unpaired) electrons. The van der Waals surface area contributed by atoms with Gasteiger partial charge in [0.25, 0.3) is 0 Å². The van der Waals surface area contributed by atoms with Crippen molar-refractivity contribution < 1.29 is 0 Å². The number of hydrogen-bond acceptors (Lipinski definition) is 3. The topological polar surface area (TPSA) is 47.1 Å². The molecule has 0 spiro atoms. The molecule has 2 N–H and O–H groups in total. The van der Waals surface area contributed by atoms with Crippen LogP contribution in [-0.4, -0.2) is 33.6 Å². The highest BCUT2D eigenvalue weighted by molar-refractivity contribution is 5.09. The van der Waals surface area contributed by atoms with Gasteiger partial charge in [-0.3, -0.25) is 4.90 Å². The van der Waals surface area contributed by atoms with E-state index in [0.29, 0.717) is 18.0 Å². The van der Waals surface area contributed by atoms with Gasteiger partial charge < -0.3 is 10.3 Å². The Balaban J connectivity index is 2.35. The van der Waals surface area contributed by atoms with Crippen LogP contribution in [0.2, 0.25) is 0 Å². The quantitative estimate of drug-likeness (QED) is 0.901. The molecule has 1 saturated heterocycles. The summed E-state index contributed by atoms with van der Waals surface area (Å²) in [4.78, 5) is 7.04. The molecule has 114 valence electrons. The second kappa shape index (κ2) is 7.23. The highest BCUT2D eigenvalue weighted by Crippen LogP contribution is 2.35. The van der Waals surface area contributed by atoms with Crippen molar-refractivity contribution in [2.45, 2.75) is 65.1 Å². The number of aromatic nitrogens is 2. The molecule has 1 aromatic heterocycles. The Bertz CT molecular complexity index is 399. The molecule has 1 fully saturated rings. The van der Waals surface area contributed by atoms with Crippen LogP contribution in [0, 0.1) is 5.92 Å². The standard InChI is InChI=1S/C16H30N4/c1-4-8-19-12-18-11-15(19)16-14(10-17)7-5-6-9-20(16)13(2)3/h11-14,16H,4-10,17H2,1-3H3. The highest BCUT2D eigenvalue weighted by Gasteiger charge is 2.33. The summed E-state index contributed by atoms with van der Waals surface area (Å²) >= 11 is 0. The molecule has 20 heavy (non-hydrogen) atoms. The average Bonchev–Trinajstić information content (AvgIpc) is 2.76. The van der Waals surface area contributed by atoms with Crippen molar-refractivity contribution in [2.24, 2.45) is 11.7 Å². The van der Waals surface area contributed by atoms with Gasteiger partial charge in [0.05, 0.1) is 18.1 Å². The van der Waals surface area contributed by atoms with Crippen molar-refractivity contribution in [3.63, 3.8) is 0 Å². The third kappa shape index (κ3) is 3.23. The lowest BCUT2D eigenvalue weighted by molar-refractivity contribution is 0.115. The van der Waals surface area contributed by atoms with Crippen LogP contribution in [0.1, 0.15) is 58.2 Å². The van der Waals surface area contributed by atoms with E-state index in [9.17, 15) is 0 Å². The number of nitrogens with two attached hydrogens (primary N) is 1. The van der Waals surface area contributed by atoms with Crippen molar-refractivity contribution >= 4 is 0 Å². The molecule has 2 rings (SSSR count). The van der Waals surface area contributed by atoms with Crippen molar-refractivity contribution in [3.05, 3.63) is 18.2 Å². The highest BCUT2D eigenvalue weighted by atomic mass is 15.2. The zero-order valence-electron chi connectivity index (χ0n) is 13.3. The summed E-state index contributed by atoms with van der Waals surface area (Å²) in [5.74, 6) is 0.548. The van der Waals surface area contributed by atoms with Gasteiger partial charge in [-0.15, -0.1) is 0 Å². The fourth-order valence-corrected chi connectivity index (χ4v) is 3.51. The molecule has 2 heterocycles. The molecule has 4 nitrogen and oxygen atoms in total. The van der Waals surface area contributed by atoms with E-state index in [1.807, 2.05) is 6.33 Å². The average molecular weight is 278 g/mol. The number of aryl methyl sites for hydroxylation is 1. The molecule has 2 atom stereocenters. The molecule has 1 aromatic rings. The smallest absolute Gasteiger partial charge is 0.0948 e. The largest absolute Gasteiger partial charge is 0.333 e. The second-order valence-corrected chi connectivity index (χ2v) is 6.28. The van der Waals surface area contributed by atoms with Gasteiger partial charge in [0.2, 0.25) is 0 Å². The lowest BCUT2D eigenvalue weighted by Crippen LogP contribution is -2.40. The van der Waals surface area contributed by atoms with Gasteiger partial charge in [-0.2, -0.15) is 0 Å². The first-order valence-corrected chi connectivity index (χ1v) is 8.14. The van der Waals surface area contributed by atoms with Gasteiger partial charge >= 0.3 is 0 Å². The fraction of sp³-hybridized carbons (Fsp3) is 0.812. The van der Waals surface area contributed by atoms with Crippen molar-refractivity contribution in [1.82, 2.24) is 14.5 Å². The normalized spacial score (nSPS) is 25.1. The minimum Gasteiger partial charge on any atom is -0.333 e. The van der Waals surface area contributed by atoms with E-state index in [-0.39, 0.29) is 0 Å². The van der Waals surface area contributed by atoms with E-state index in [0.717, 1.165) is 19.5 Å². The van der Waals surface area contributed by atoms with Gasteiger partial charge in [-0.1, -0.05) is 13.3 Å². The molecule has 1 aliphatic rings. The summed E-state index contributed by atoms with van der Waals surface area (Å²) in [6, 6.07) is 0.980. The summed E-state index contributed by atoms with van der Waals surface area (Å²) in [6.45, 7) is 9.81. The van der Waals surface area contributed by atoms with E-state index in [1.54, 1.807) is 0 Å². The van der Waals surface area contributed by atoms with Crippen molar-refractivity contribution in [3.8, 4) is 0 Å². The van der Waals surface area contributed by atoms with Crippen LogP contribution in [0.3, 0.4) is 0 Å². The van der Waals surface area contributed by atoms with Crippen LogP contribution in [0.15, 0.2) is 12.5 Å². The predicted molar refractivity (Wildman–Crippen MR) is 83.5 cm³/mol. The zero-order valence-corrected chi connectivity index (χ0v) is 13.3. The van der Waals surface area contributed by atoms with Gasteiger partial charge in [0.1, 0.15) is 0 Å². The first-order chi connectivity index (χ1) is 9.69. The molecular formula is C16H30N4. The lowest BCUT2D eigenvalue weighted by atomic mass is 9.91. The summed E-state index contributed by atoms with van der Waals surface area (Å²) in [5, 5.41) is 0. The van der Waals surface area contributed by atoms with E-state index in [2.05, 4.69) is 41.4 Å². The fourth-order valence-electron chi connectivity index (χ4n) is 3.51. The van der Waals surface area contributed by atoms with Crippen LogP contribution in [0.5, 0.6) is 0 Å². The van der Waals surface area contributed by atoms with Crippen LogP contribution in [-0.2, 0) is 6.54 Å². The first-order valence-electron chi connectivity index (χ1n) is 8.14. The lowest BCUT2D eigenvalue weighted by Gasteiger charge is -2.37. The SMILES string of the molecule is CCCn1cncc1C1C(CN)CCCCN1C(C)C. The van der Waals surface area contributed by atoms with Crippen LogP contribution in [0.4, 0.5) is 0 Å². The zero-order chi connectivity index (χ0) is 14.5. The number of likely N-dealkylation sites (tertiary alicyclic amines) is 1. The molecule has 2 unspecified atom stereocenters.